The van der Waals surface area contributed by atoms with Crippen LogP contribution in [0.5, 0.6) is 5.75 Å². The van der Waals surface area contributed by atoms with Crippen molar-refractivity contribution in [2.45, 2.75) is 30.9 Å². The van der Waals surface area contributed by atoms with Crippen LogP contribution in [0.4, 0.5) is 0 Å². The Kier molecular flexibility index (Phi) is 2.93. The van der Waals surface area contributed by atoms with Gasteiger partial charge in [-0.1, -0.05) is 18.2 Å². The first-order valence-corrected chi connectivity index (χ1v) is 5.33. The van der Waals surface area contributed by atoms with Gasteiger partial charge in [0.15, 0.2) is 0 Å². The van der Waals surface area contributed by atoms with Gasteiger partial charge in [0.2, 0.25) is 0 Å². The second-order valence-corrected chi connectivity index (χ2v) is 4.34. The Hall–Kier alpha value is -1.06. The number of nitrogens with two attached hydrogens (primary N) is 1. The van der Waals surface area contributed by atoms with Crippen LogP contribution in [-0.2, 0) is 0 Å². The lowest BCUT2D eigenvalue weighted by Crippen LogP contribution is -2.55. The molecular weight excluding hydrogens is 190 g/mol. The second kappa shape index (κ2) is 4.21. The van der Waals surface area contributed by atoms with Crippen molar-refractivity contribution >= 4 is 0 Å². The van der Waals surface area contributed by atoms with E-state index in [4.69, 9.17) is 10.5 Å². The zero-order valence-electron chi connectivity index (χ0n) is 8.73. The van der Waals surface area contributed by atoms with E-state index < -0.39 is 0 Å². The molecule has 1 saturated carbocycles. The van der Waals surface area contributed by atoms with Gasteiger partial charge in [0.1, 0.15) is 5.75 Å². The fourth-order valence-corrected chi connectivity index (χ4v) is 1.97. The Morgan fingerprint density at radius 2 is 2.00 bits per heavy atom. The third kappa shape index (κ3) is 2.70. The van der Waals surface area contributed by atoms with Gasteiger partial charge in [-0.25, -0.2) is 0 Å². The molecule has 82 valence electrons. The molecule has 3 heteroatoms. The van der Waals surface area contributed by atoms with Gasteiger partial charge in [-0.2, -0.15) is 0 Å². The molecule has 0 unspecified atom stereocenters. The fourth-order valence-electron chi connectivity index (χ4n) is 1.97. The first-order chi connectivity index (χ1) is 7.18. The van der Waals surface area contributed by atoms with Crippen molar-refractivity contribution in [2.75, 3.05) is 6.61 Å². The number of rotatable bonds is 4. The monoisotopic (exact) mass is 207 g/mol. The number of hydrogen-bond acceptors (Lipinski definition) is 3. The highest BCUT2D eigenvalue weighted by Crippen LogP contribution is 2.32. The van der Waals surface area contributed by atoms with E-state index in [9.17, 15) is 5.11 Å². The van der Waals surface area contributed by atoms with E-state index in [1.807, 2.05) is 30.3 Å². The van der Waals surface area contributed by atoms with Gasteiger partial charge >= 0.3 is 0 Å². The van der Waals surface area contributed by atoms with E-state index in [2.05, 4.69) is 0 Å². The topological polar surface area (TPSA) is 55.5 Å². The summed E-state index contributed by atoms with van der Waals surface area (Å²) in [4.78, 5) is 0. The van der Waals surface area contributed by atoms with Crippen molar-refractivity contribution in [2.24, 2.45) is 5.73 Å². The zero-order valence-corrected chi connectivity index (χ0v) is 8.73. The van der Waals surface area contributed by atoms with Gasteiger partial charge in [-0.15, -0.1) is 0 Å². The first-order valence-electron chi connectivity index (χ1n) is 5.33. The van der Waals surface area contributed by atoms with E-state index in [1.54, 1.807) is 0 Å². The molecule has 0 radical (unpaired) electrons. The molecule has 0 saturated heterocycles. The lowest BCUT2D eigenvalue weighted by molar-refractivity contribution is 0.0127. The largest absolute Gasteiger partial charge is 0.494 e. The van der Waals surface area contributed by atoms with Crippen LogP contribution in [0.25, 0.3) is 0 Å². The summed E-state index contributed by atoms with van der Waals surface area (Å²) < 4.78 is 5.55. The molecule has 0 bridgehead atoms. The molecule has 0 heterocycles. The molecular formula is C12H17NO2. The minimum atomic E-state index is -0.202. The van der Waals surface area contributed by atoms with Crippen LogP contribution < -0.4 is 10.5 Å². The maximum Gasteiger partial charge on any atom is 0.119 e. The first kappa shape index (κ1) is 10.5. The minimum absolute atomic E-state index is 0.200. The maximum absolute atomic E-state index is 9.18. The van der Waals surface area contributed by atoms with Gasteiger partial charge in [-0.3, -0.25) is 0 Å². The molecule has 0 amide bonds. The number of ether oxygens (including phenoxy) is 1. The minimum Gasteiger partial charge on any atom is -0.494 e. The average molecular weight is 207 g/mol. The molecule has 0 aliphatic heterocycles. The molecule has 0 atom stereocenters. The highest BCUT2D eigenvalue weighted by molar-refractivity contribution is 5.20. The highest BCUT2D eigenvalue weighted by atomic mass is 16.5. The van der Waals surface area contributed by atoms with Crippen LogP contribution in [0.3, 0.4) is 0 Å². The quantitative estimate of drug-likeness (QED) is 0.782. The van der Waals surface area contributed by atoms with E-state index >= 15 is 0 Å². The van der Waals surface area contributed by atoms with Crippen molar-refractivity contribution in [3.8, 4) is 5.75 Å². The van der Waals surface area contributed by atoms with Crippen LogP contribution in [-0.4, -0.2) is 23.4 Å². The van der Waals surface area contributed by atoms with Crippen molar-refractivity contribution < 1.29 is 9.84 Å². The van der Waals surface area contributed by atoms with Crippen molar-refractivity contribution in [1.82, 2.24) is 0 Å². The third-order valence-electron chi connectivity index (χ3n) is 2.90. The Bertz CT molecular complexity index is 307. The summed E-state index contributed by atoms with van der Waals surface area (Å²) in [5.41, 5.74) is 5.82. The summed E-state index contributed by atoms with van der Waals surface area (Å²) in [6.45, 7) is 0.618. The van der Waals surface area contributed by atoms with Gasteiger partial charge < -0.3 is 15.6 Å². The fraction of sp³-hybridized carbons (Fsp3) is 0.500. The van der Waals surface area contributed by atoms with Crippen LogP contribution in [0.15, 0.2) is 30.3 Å². The van der Waals surface area contributed by atoms with E-state index in [0.717, 1.165) is 12.2 Å². The summed E-state index contributed by atoms with van der Waals surface area (Å²) in [6.07, 6.45) is 2.00. The summed E-state index contributed by atoms with van der Waals surface area (Å²) in [7, 11) is 0. The average Bonchev–Trinajstić information content (AvgIpc) is 2.17. The zero-order chi connectivity index (χ0) is 10.7. The molecule has 0 aromatic heterocycles. The molecule has 1 fully saturated rings. The smallest absolute Gasteiger partial charge is 0.119 e. The molecule has 3 N–H and O–H groups in total. The third-order valence-corrected chi connectivity index (χ3v) is 2.90. The van der Waals surface area contributed by atoms with E-state index in [-0.39, 0.29) is 11.6 Å². The van der Waals surface area contributed by atoms with Gasteiger partial charge in [0, 0.05) is 5.54 Å². The Morgan fingerprint density at radius 1 is 1.33 bits per heavy atom. The molecule has 15 heavy (non-hydrogen) atoms. The molecule has 1 aromatic rings. The Labute approximate surface area is 89.9 Å². The normalized spacial score (nSPS) is 29.6. The van der Waals surface area contributed by atoms with E-state index in [0.29, 0.717) is 19.4 Å². The number of hydrogen-bond donors (Lipinski definition) is 2. The molecule has 1 aliphatic carbocycles. The number of para-hydroxylation sites is 1. The molecule has 1 aliphatic rings. The second-order valence-electron chi connectivity index (χ2n) is 4.34. The maximum atomic E-state index is 9.18. The summed E-state index contributed by atoms with van der Waals surface area (Å²) >= 11 is 0. The predicted molar refractivity (Wildman–Crippen MR) is 58.7 cm³/mol. The number of benzene rings is 1. The van der Waals surface area contributed by atoms with Crippen molar-refractivity contribution in [3.05, 3.63) is 30.3 Å². The SMILES string of the molecule is NC1(CCOc2ccccc2)CC(O)C1. The van der Waals surface area contributed by atoms with Gasteiger partial charge in [0.05, 0.1) is 12.7 Å². The standard InChI is InChI=1S/C12H17NO2/c13-12(8-10(14)9-12)6-7-15-11-4-2-1-3-5-11/h1-5,10,14H,6-9,13H2. The molecule has 3 nitrogen and oxygen atoms in total. The Balaban J connectivity index is 1.72. The van der Waals surface area contributed by atoms with Crippen LogP contribution in [0.2, 0.25) is 0 Å². The van der Waals surface area contributed by atoms with E-state index in [1.165, 1.54) is 0 Å². The highest BCUT2D eigenvalue weighted by Gasteiger charge is 2.39. The van der Waals surface area contributed by atoms with Gasteiger partial charge in [0.25, 0.3) is 0 Å². The lowest BCUT2D eigenvalue weighted by atomic mass is 9.73. The molecule has 2 rings (SSSR count). The van der Waals surface area contributed by atoms with Crippen LogP contribution in [0, 0.1) is 0 Å². The summed E-state index contributed by atoms with van der Waals surface area (Å²) in [5, 5.41) is 9.18. The number of aliphatic hydroxyl groups is 1. The number of aliphatic hydroxyl groups excluding tert-OH is 1. The van der Waals surface area contributed by atoms with Crippen molar-refractivity contribution in [1.29, 1.82) is 0 Å². The molecule has 1 aromatic carbocycles. The summed E-state index contributed by atoms with van der Waals surface area (Å²) in [5.74, 6) is 0.876. The van der Waals surface area contributed by atoms with Crippen molar-refractivity contribution in [3.63, 3.8) is 0 Å². The Morgan fingerprint density at radius 3 is 2.60 bits per heavy atom. The predicted octanol–water partition coefficient (Wildman–Crippen LogP) is 1.31. The lowest BCUT2D eigenvalue weighted by Gasteiger charge is -2.42. The van der Waals surface area contributed by atoms with Crippen LogP contribution >= 0.6 is 0 Å². The van der Waals surface area contributed by atoms with Gasteiger partial charge in [-0.05, 0) is 31.4 Å². The summed E-state index contributed by atoms with van der Waals surface area (Å²) in [6, 6.07) is 9.71. The van der Waals surface area contributed by atoms with Crippen LogP contribution in [0.1, 0.15) is 19.3 Å². The molecule has 0 spiro atoms.